The van der Waals surface area contributed by atoms with Gasteiger partial charge in [0.05, 0.1) is 0 Å². The Morgan fingerprint density at radius 3 is 2.47 bits per heavy atom. The largest absolute Gasteiger partial charge is 0.384 e. The van der Waals surface area contributed by atoms with E-state index in [4.69, 9.17) is 5.73 Å². The molecule has 1 unspecified atom stereocenters. The van der Waals surface area contributed by atoms with E-state index in [0.717, 1.165) is 27.6 Å². The van der Waals surface area contributed by atoms with E-state index in [0.29, 0.717) is 6.54 Å². The molecule has 0 spiro atoms. The van der Waals surface area contributed by atoms with Crippen LogP contribution in [0, 0.1) is 6.92 Å². The lowest BCUT2D eigenvalue weighted by Crippen LogP contribution is -2.04. The van der Waals surface area contributed by atoms with Crippen molar-refractivity contribution < 1.29 is 5.11 Å². The van der Waals surface area contributed by atoms with Gasteiger partial charge in [-0.25, -0.2) is 0 Å². The average molecular weight is 320 g/mol. The van der Waals surface area contributed by atoms with E-state index < -0.39 is 6.10 Å². The summed E-state index contributed by atoms with van der Waals surface area (Å²) in [6.45, 7) is 2.65. The van der Waals surface area contributed by atoms with Gasteiger partial charge in [-0.2, -0.15) is 0 Å². The van der Waals surface area contributed by atoms with Gasteiger partial charge in [0.1, 0.15) is 6.10 Å². The predicted molar refractivity (Wildman–Crippen MR) is 82.1 cm³/mol. The van der Waals surface area contributed by atoms with Crippen molar-refractivity contribution in [3.8, 4) is 0 Å². The van der Waals surface area contributed by atoms with Gasteiger partial charge in [0.25, 0.3) is 0 Å². The Morgan fingerprint density at radius 2 is 1.84 bits per heavy atom. The maximum Gasteiger partial charge on any atom is 0.104 e. The van der Waals surface area contributed by atoms with Gasteiger partial charge >= 0.3 is 0 Å². The van der Waals surface area contributed by atoms with E-state index in [-0.39, 0.29) is 0 Å². The topological polar surface area (TPSA) is 46.2 Å². The summed E-state index contributed by atoms with van der Waals surface area (Å²) in [4.78, 5) is 0. The van der Waals surface area contributed by atoms with Crippen LogP contribution in [0.4, 0.5) is 0 Å². The Bertz CT molecular complexity index is 551. The number of hydrogen-bond acceptors (Lipinski definition) is 2. The van der Waals surface area contributed by atoms with Crippen LogP contribution in [0.3, 0.4) is 0 Å². The molecule has 0 radical (unpaired) electrons. The minimum Gasteiger partial charge on any atom is -0.384 e. The summed E-state index contributed by atoms with van der Waals surface area (Å²) in [5.74, 6) is 0. The molecule has 0 fully saturated rings. The fraction of sp³-hybridized carbons (Fsp3) is 0.250. The first-order chi connectivity index (χ1) is 9.11. The molecule has 0 aromatic heterocycles. The molecule has 0 heterocycles. The number of aryl methyl sites for hydroxylation is 1. The number of nitrogens with two attached hydrogens (primary N) is 1. The minimum atomic E-state index is -0.593. The van der Waals surface area contributed by atoms with Crippen molar-refractivity contribution in [1.29, 1.82) is 0 Å². The highest BCUT2D eigenvalue weighted by Gasteiger charge is 2.13. The molecule has 2 nitrogen and oxygen atoms in total. The smallest absolute Gasteiger partial charge is 0.104 e. The van der Waals surface area contributed by atoms with E-state index in [2.05, 4.69) is 15.9 Å². The van der Waals surface area contributed by atoms with Gasteiger partial charge in [-0.1, -0.05) is 46.3 Å². The number of halogens is 1. The normalized spacial score (nSPS) is 12.4. The van der Waals surface area contributed by atoms with Crippen LogP contribution in [-0.2, 0) is 6.42 Å². The predicted octanol–water partition coefficient (Wildman–Crippen LogP) is 3.34. The minimum absolute atomic E-state index is 0.593. The van der Waals surface area contributed by atoms with E-state index in [1.165, 1.54) is 5.56 Å². The Balaban J connectivity index is 2.27. The maximum atomic E-state index is 10.5. The molecule has 0 bridgehead atoms. The van der Waals surface area contributed by atoms with Crippen molar-refractivity contribution in [2.45, 2.75) is 19.4 Å². The second-order valence-corrected chi connectivity index (χ2v) is 5.60. The number of aliphatic hydroxyl groups is 1. The Kier molecular flexibility index (Phi) is 4.75. The molecule has 2 aromatic rings. The zero-order valence-electron chi connectivity index (χ0n) is 10.9. The zero-order chi connectivity index (χ0) is 13.8. The van der Waals surface area contributed by atoms with E-state index in [1.807, 2.05) is 49.4 Å². The number of aliphatic hydroxyl groups excluding tert-OH is 1. The van der Waals surface area contributed by atoms with Gasteiger partial charge < -0.3 is 10.8 Å². The lowest BCUT2D eigenvalue weighted by molar-refractivity contribution is 0.219. The lowest BCUT2D eigenvalue weighted by atomic mass is 9.96. The Morgan fingerprint density at radius 1 is 1.16 bits per heavy atom. The van der Waals surface area contributed by atoms with Crippen LogP contribution in [0.5, 0.6) is 0 Å². The van der Waals surface area contributed by atoms with Crippen LogP contribution < -0.4 is 5.73 Å². The van der Waals surface area contributed by atoms with Gasteiger partial charge in [0, 0.05) is 4.47 Å². The molecule has 3 N–H and O–H groups in total. The van der Waals surface area contributed by atoms with Crippen LogP contribution in [0.1, 0.15) is 28.4 Å². The molecular formula is C16H18BrNO. The maximum absolute atomic E-state index is 10.5. The van der Waals surface area contributed by atoms with E-state index >= 15 is 0 Å². The van der Waals surface area contributed by atoms with Gasteiger partial charge in [0.15, 0.2) is 0 Å². The molecule has 3 heteroatoms. The van der Waals surface area contributed by atoms with Gasteiger partial charge in [-0.15, -0.1) is 0 Å². The molecule has 2 aromatic carbocycles. The van der Waals surface area contributed by atoms with Crippen molar-refractivity contribution in [3.63, 3.8) is 0 Å². The highest BCUT2D eigenvalue weighted by atomic mass is 79.9. The third kappa shape index (κ3) is 3.44. The molecule has 0 saturated heterocycles. The van der Waals surface area contributed by atoms with Crippen molar-refractivity contribution in [2.24, 2.45) is 5.73 Å². The van der Waals surface area contributed by atoms with Crippen molar-refractivity contribution in [3.05, 3.63) is 69.2 Å². The molecule has 0 saturated carbocycles. The second kappa shape index (κ2) is 6.33. The summed E-state index contributed by atoms with van der Waals surface area (Å²) in [6.07, 6.45) is 0.274. The summed E-state index contributed by atoms with van der Waals surface area (Å²) < 4.78 is 0.979. The van der Waals surface area contributed by atoms with E-state index in [9.17, 15) is 5.11 Å². The highest BCUT2D eigenvalue weighted by Crippen LogP contribution is 2.27. The molecule has 0 amide bonds. The van der Waals surface area contributed by atoms with Gasteiger partial charge in [-0.3, -0.25) is 0 Å². The fourth-order valence-corrected chi connectivity index (χ4v) is 2.50. The summed E-state index contributed by atoms with van der Waals surface area (Å²) in [5.41, 5.74) is 9.65. The number of rotatable bonds is 4. The van der Waals surface area contributed by atoms with Crippen molar-refractivity contribution in [2.75, 3.05) is 6.54 Å². The Labute approximate surface area is 122 Å². The first-order valence-corrected chi connectivity index (χ1v) is 7.14. The molecule has 100 valence electrons. The van der Waals surface area contributed by atoms with Crippen LogP contribution in [-0.4, -0.2) is 11.7 Å². The SMILES string of the molecule is Cc1ccc(Br)cc1C(O)c1ccc(CCN)cc1. The molecular weight excluding hydrogens is 302 g/mol. The summed E-state index contributed by atoms with van der Waals surface area (Å²) in [7, 11) is 0. The van der Waals surface area contributed by atoms with Crippen LogP contribution in [0.25, 0.3) is 0 Å². The van der Waals surface area contributed by atoms with Crippen LogP contribution in [0.2, 0.25) is 0 Å². The zero-order valence-corrected chi connectivity index (χ0v) is 12.5. The van der Waals surface area contributed by atoms with Gasteiger partial charge in [0.2, 0.25) is 0 Å². The third-order valence-electron chi connectivity index (χ3n) is 3.26. The summed E-state index contributed by atoms with van der Waals surface area (Å²) in [5, 5.41) is 10.5. The van der Waals surface area contributed by atoms with Crippen molar-refractivity contribution in [1.82, 2.24) is 0 Å². The molecule has 0 aliphatic rings. The molecule has 1 atom stereocenters. The highest BCUT2D eigenvalue weighted by molar-refractivity contribution is 9.10. The van der Waals surface area contributed by atoms with Crippen LogP contribution >= 0.6 is 15.9 Å². The monoisotopic (exact) mass is 319 g/mol. The van der Waals surface area contributed by atoms with Crippen LogP contribution in [0.15, 0.2) is 46.9 Å². The molecule has 2 rings (SSSR count). The standard InChI is InChI=1S/C16H18BrNO/c1-11-2-7-14(17)10-15(11)16(19)13-5-3-12(4-6-13)8-9-18/h2-7,10,16,19H,8-9,18H2,1H3. The fourth-order valence-electron chi connectivity index (χ4n) is 2.12. The molecule has 19 heavy (non-hydrogen) atoms. The van der Waals surface area contributed by atoms with E-state index in [1.54, 1.807) is 0 Å². The third-order valence-corrected chi connectivity index (χ3v) is 3.76. The van der Waals surface area contributed by atoms with Crippen molar-refractivity contribution >= 4 is 15.9 Å². The quantitative estimate of drug-likeness (QED) is 0.907. The summed E-state index contributed by atoms with van der Waals surface area (Å²) >= 11 is 3.44. The number of hydrogen-bond donors (Lipinski definition) is 2. The molecule has 0 aliphatic heterocycles. The first-order valence-electron chi connectivity index (χ1n) is 6.35. The molecule has 0 aliphatic carbocycles. The first kappa shape index (κ1) is 14.3. The van der Waals surface area contributed by atoms with Gasteiger partial charge in [-0.05, 0) is 54.3 Å². The lowest BCUT2D eigenvalue weighted by Gasteiger charge is -2.15. The number of benzene rings is 2. The average Bonchev–Trinajstić information content (AvgIpc) is 2.42. The second-order valence-electron chi connectivity index (χ2n) is 4.68. The Hall–Kier alpha value is -1.16. The summed E-state index contributed by atoms with van der Waals surface area (Å²) in [6, 6.07) is 13.9.